The molecule has 22 heteroatoms. The van der Waals surface area contributed by atoms with Crippen LogP contribution in [0, 0.1) is 0 Å². The van der Waals surface area contributed by atoms with Crippen molar-refractivity contribution in [3.63, 3.8) is 0 Å². The van der Waals surface area contributed by atoms with Crippen molar-refractivity contribution in [1.82, 2.24) is 39.6 Å². The number of amides is 7. The number of hydrogen-bond donors (Lipinski definition) is 6. The Morgan fingerprint density at radius 3 is 2.52 bits per heavy atom. The van der Waals surface area contributed by atoms with Crippen molar-refractivity contribution in [2.75, 3.05) is 25.4 Å². The molecular weight excluding hydrogens is 628 g/mol. The van der Waals surface area contributed by atoms with Gasteiger partial charge in [0, 0.05) is 17.6 Å². The maximum absolute atomic E-state index is 12.9. The summed E-state index contributed by atoms with van der Waals surface area (Å²) in [5.74, 6) is -3.46. The lowest BCUT2D eigenvalue weighted by atomic mass is 10.1. The minimum atomic E-state index is -4.84. The maximum atomic E-state index is 12.9. The number of imide groups is 1. The summed E-state index contributed by atoms with van der Waals surface area (Å²) in [5.41, 5.74) is 5.56. The topological polar surface area (TPSA) is 279 Å². The molecule has 4 rings (SSSR count). The highest BCUT2D eigenvalue weighted by molar-refractivity contribution is 7.88. The quantitative estimate of drug-likeness (QED) is 0.102. The number of carbonyl (C=O) groups is 5. The fourth-order valence-corrected chi connectivity index (χ4v) is 5.18. The molecule has 0 unspecified atom stereocenters. The van der Waals surface area contributed by atoms with Crippen LogP contribution in [0.4, 0.5) is 14.7 Å². The molecule has 0 aromatic carbocycles. The van der Waals surface area contributed by atoms with Gasteiger partial charge in [0.05, 0.1) is 19.6 Å². The Balaban J connectivity index is 1.34. The zero-order valence-electron chi connectivity index (χ0n) is 23.2. The summed E-state index contributed by atoms with van der Waals surface area (Å²) in [6.07, 6.45) is 0.855. The van der Waals surface area contributed by atoms with Crippen molar-refractivity contribution < 1.29 is 42.3 Å². The first kappa shape index (κ1) is 31.7. The van der Waals surface area contributed by atoms with Gasteiger partial charge in [-0.05, 0) is 20.8 Å². The van der Waals surface area contributed by atoms with E-state index in [-0.39, 0.29) is 33.1 Å². The summed E-state index contributed by atoms with van der Waals surface area (Å²) in [6.45, 7) is 3.83. The number of likely N-dealkylation sites (tertiary alicyclic amines) is 1. The average Bonchev–Trinajstić information content (AvgIpc) is 3.52. The minimum absolute atomic E-state index is 0.0820. The molecule has 2 aliphatic heterocycles. The van der Waals surface area contributed by atoms with Gasteiger partial charge in [-0.2, -0.15) is 8.42 Å². The number of rotatable bonds is 8. The van der Waals surface area contributed by atoms with Gasteiger partial charge in [0.2, 0.25) is 5.43 Å². The summed E-state index contributed by atoms with van der Waals surface area (Å²) in [6, 6.07) is -3.10. The maximum Gasteiger partial charge on any atom is 0.353 e. The Bertz CT molecular complexity index is 1730. The van der Waals surface area contributed by atoms with Crippen LogP contribution in [0.25, 0.3) is 0 Å². The number of nitrogens with one attached hydrogen (secondary N) is 4. The summed E-state index contributed by atoms with van der Waals surface area (Å²) in [7, 11) is -4.84. The van der Waals surface area contributed by atoms with Crippen LogP contribution < -0.4 is 26.6 Å². The SMILES string of the molecule is CC(C)(C)ON=C(C(=O)N[C@H]1CN(C(=O)NS(=O)(=O)N2CCN(NC(=O)c3cc(=O)c(O)c[nH]3)C2=O)C1=O)c1csc(N)n1. The zero-order valence-corrected chi connectivity index (χ0v) is 24.8. The number of aromatic amines is 1. The van der Waals surface area contributed by atoms with Gasteiger partial charge in [-0.15, -0.1) is 11.3 Å². The Labute approximate surface area is 252 Å². The average molecular weight is 655 g/mol. The Morgan fingerprint density at radius 1 is 1.23 bits per heavy atom. The number of pyridine rings is 1. The van der Waals surface area contributed by atoms with Crippen LogP contribution in [0.3, 0.4) is 0 Å². The van der Waals surface area contributed by atoms with E-state index in [0.717, 1.165) is 23.6 Å². The fraction of sp³-hybridized carbons (Fsp3) is 0.364. The van der Waals surface area contributed by atoms with Crippen LogP contribution in [0.2, 0.25) is 0 Å². The molecule has 2 saturated heterocycles. The highest BCUT2D eigenvalue weighted by Gasteiger charge is 2.46. The molecule has 4 heterocycles. The highest BCUT2D eigenvalue weighted by Crippen LogP contribution is 2.17. The molecule has 0 radical (unpaired) electrons. The van der Waals surface area contributed by atoms with E-state index in [9.17, 15) is 42.3 Å². The van der Waals surface area contributed by atoms with E-state index < -0.39 is 75.9 Å². The van der Waals surface area contributed by atoms with E-state index in [4.69, 9.17) is 10.6 Å². The van der Waals surface area contributed by atoms with E-state index in [1.807, 2.05) is 0 Å². The smallest absolute Gasteiger partial charge is 0.353 e. The van der Waals surface area contributed by atoms with Gasteiger partial charge in [0.1, 0.15) is 23.0 Å². The van der Waals surface area contributed by atoms with E-state index in [0.29, 0.717) is 9.91 Å². The lowest BCUT2D eigenvalue weighted by molar-refractivity contribution is -0.141. The molecule has 0 saturated carbocycles. The van der Waals surface area contributed by atoms with Crippen molar-refractivity contribution in [2.45, 2.75) is 32.4 Å². The number of aromatic nitrogens is 2. The summed E-state index contributed by atoms with van der Waals surface area (Å²) < 4.78 is 27.3. The molecule has 0 spiro atoms. The van der Waals surface area contributed by atoms with Crippen LogP contribution in [-0.4, -0.2) is 104 Å². The molecule has 20 nitrogen and oxygen atoms in total. The number of H-pyrrole nitrogens is 1. The Hall–Kier alpha value is -5.25. The molecule has 2 aliphatic rings. The summed E-state index contributed by atoms with van der Waals surface area (Å²) >= 11 is 1.04. The number of carbonyl (C=O) groups excluding carboxylic acids is 5. The third-order valence-corrected chi connectivity index (χ3v) is 7.75. The molecule has 44 heavy (non-hydrogen) atoms. The molecule has 0 bridgehead atoms. The highest BCUT2D eigenvalue weighted by atomic mass is 32.2. The van der Waals surface area contributed by atoms with Crippen LogP contribution >= 0.6 is 11.3 Å². The van der Waals surface area contributed by atoms with Crippen molar-refractivity contribution in [3.05, 3.63) is 39.3 Å². The molecular formula is C22H26N10O10S2. The molecule has 7 N–H and O–H groups in total. The van der Waals surface area contributed by atoms with E-state index in [2.05, 4.69) is 25.9 Å². The number of nitrogens with zero attached hydrogens (tertiary/aromatic N) is 5. The van der Waals surface area contributed by atoms with E-state index >= 15 is 0 Å². The second kappa shape index (κ2) is 11.8. The fourth-order valence-electron chi connectivity index (χ4n) is 3.57. The lowest BCUT2D eigenvalue weighted by Crippen LogP contribution is -2.68. The first-order valence-electron chi connectivity index (χ1n) is 12.5. The van der Waals surface area contributed by atoms with Crippen LogP contribution in [0.5, 0.6) is 5.75 Å². The van der Waals surface area contributed by atoms with Gasteiger partial charge in [-0.25, -0.2) is 28.6 Å². The van der Waals surface area contributed by atoms with Gasteiger partial charge >= 0.3 is 22.3 Å². The van der Waals surface area contributed by atoms with Crippen molar-refractivity contribution >= 4 is 62.2 Å². The van der Waals surface area contributed by atoms with Gasteiger partial charge in [0.15, 0.2) is 16.6 Å². The number of nitrogens with two attached hydrogens (primary N) is 1. The molecule has 1 atom stereocenters. The van der Waals surface area contributed by atoms with Crippen LogP contribution in [0.15, 0.2) is 27.6 Å². The normalized spacial score (nSPS) is 17.3. The molecule has 2 aromatic heterocycles. The number of nitrogen functional groups attached to an aromatic ring is 1. The largest absolute Gasteiger partial charge is 0.503 e. The first-order chi connectivity index (χ1) is 20.5. The Morgan fingerprint density at radius 2 is 1.93 bits per heavy atom. The second-order valence-electron chi connectivity index (χ2n) is 10.1. The van der Waals surface area contributed by atoms with Crippen molar-refractivity contribution in [1.29, 1.82) is 0 Å². The van der Waals surface area contributed by atoms with Crippen LogP contribution in [-0.2, 0) is 24.6 Å². The van der Waals surface area contributed by atoms with Gasteiger partial charge < -0.3 is 26.0 Å². The third kappa shape index (κ3) is 6.86. The first-order valence-corrected chi connectivity index (χ1v) is 14.8. The number of anilines is 1. The standard InChI is InChI=1S/C22H26N10O10S2/c1-22(2,3)42-28-15(12-9-43-19(23)26-12)17(36)25-11-8-30(18(11)37)20(38)29-44(40,41)32-5-4-31(21(32)39)27-16(35)10-6-13(33)14(34)7-24-10/h6-7,9,11,34H,4-5,8H2,1-3H3,(H2,23,26)(H,24,33)(H,25,36)(H,27,35)(H,29,38)/t11-/m0/s1. The monoisotopic (exact) mass is 654 g/mol. The minimum Gasteiger partial charge on any atom is -0.503 e. The van der Waals surface area contributed by atoms with Crippen LogP contribution in [0.1, 0.15) is 37.0 Å². The molecule has 236 valence electrons. The predicted octanol–water partition coefficient (Wildman–Crippen LogP) is -2.00. The number of hydrazine groups is 1. The molecule has 2 aromatic rings. The van der Waals surface area contributed by atoms with Gasteiger partial charge in [0.25, 0.3) is 17.7 Å². The summed E-state index contributed by atoms with van der Waals surface area (Å²) in [4.78, 5) is 86.7. The lowest BCUT2D eigenvalue weighted by Gasteiger charge is -2.36. The van der Waals surface area contributed by atoms with E-state index in [1.165, 1.54) is 5.38 Å². The molecule has 0 aliphatic carbocycles. The number of oxime groups is 1. The zero-order chi connectivity index (χ0) is 32.6. The van der Waals surface area contributed by atoms with Crippen molar-refractivity contribution in [2.24, 2.45) is 5.16 Å². The summed E-state index contributed by atoms with van der Waals surface area (Å²) in [5, 5.41) is 17.7. The number of thiazole rings is 1. The van der Waals surface area contributed by atoms with Crippen molar-refractivity contribution in [3.8, 4) is 5.75 Å². The number of β-lactam (4-membered cyclic amide) rings is 1. The second-order valence-corrected chi connectivity index (χ2v) is 12.6. The molecule has 2 fully saturated rings. The predicted molar refractivity (Wildman–Crippen MR) is 150 cm³/mol. The number of hydrogen-bond acceptors (Lipinski definition) is 14. The molecule has 7 amide bonds. The number of aromatic hydroxyl groups is 1. The van der Waals surface area contributed by atoms with Gasteiger partial charge in [-0.1, -0.05) is 5.16 Å². The third-order valence-electron chi connectivity index (χ3n) is 5.72. The Kier molecular flexibility index (Phi) is 8.49. The number of urea groups is 2. The van der Waals surface area contributed by atoms with Gasteiger partial charge in [-0.3, -0.25) is 29.5 Å². The van der Waals surface area contributed by atoms with E-state index in [1.54, 1.807) is 25.5 Å².